The van der Waals surface area contributed by atoms with Crippen LogP contribution in [-0.2, 0) is 4.74 Å². The fourth-order valence-electron chi connectivity index (χ4n) is 1.13. The summed E-state index contributed by atoms with van der Waals surface area (Å²) < 4.78 is 5.26. The van der Waals surface area contributed by atoms with Gasteiger partial charge in [-0.1, -0.05) is 26.2 Å². The van der Waals surface area contributed by atoms with Crippen LogP contribution in [0.2, 0.25) is 0 Å². The molecule has 0 aromatic heterocycles. The molecule has 1 aliphatic rings. The van der Waals surface area contributed by atoms with Gasteiger partial charge in [0.05, 0.1) is 12.2 Å². The molecule has 0 aromatic rings. The van der Waals surface area contributed by atoms with Gasteiger partial charge in [0.2, 0.25) is 0 Å². The van der Waals surface area contributed by atoms with Gasteiger partial charge in [0.15, 0.2) is 0 Å². The molecule has 0 saturated carbocycles. The van der Waals surface area contributed by atoms with E-state index in [1.807, 2.05) is 0 Å². The van der Waals surface area contributed by atoms with Gasteiger partial charge >= 0.3 is 0 Å². The molecule has 1 aliphatic heterocycles. The first-order valence-corrected chi connectivity index (χ1v) is 4.00. The van der Waals surface area contributed by atoms with Crippen LogP contribution < -0.4 is 0 Å². The highest BCUT2D eigenvalue weighted by molar-refractivity contribution is 4.79. The lowest BCUT2D eigenvalue weighted by Gasteiger charge is -1.91. The summed E-state index contributed by atoms with van der Waals surface area (Å²) in [6, 6.07) is 0. The molecular formula is C8H16O. The van der Waals surface area contributed by atoms with Gasteiger partial charge in [-0.2, -0.15) is 0 Å². The standard InChI is InChI=1S/C8H16O/c1-3-4-5-6-8-7(2)9-8/h7-8H,3-6H2,1-2H3/t7-,8?/m0/s1. The Hall–Kier alpha value is -0.0400. The highest BCUT2D eigenvalue weighted by atomic mass is 16.6. The van der Waals surface area contributed by atoms with Crippen LogP contribution in [0.4, 0.5) is 0 Å². The Bertz CT molecular complexity index is 80.6. The first-order valence-electron chi connectivity index (χ1n) is 4.00. The highest BCUT2D eigenvalue weighted by Gasteiger charge is 2.32. The van der Waals surface area contributed by atoms with E-state index in [0.717, 1.165) is 0 Å². The Labute approximate surface area is 57.4 Å². The molecule has 2 atom stereocenters. The molecule has 54 valence electrons. The normalized spacial score (nSPS) is 32.7. The topological polar surface area (TPSA) is 12.5 Å². The van der Waals surface area contributed by atoms with Gasteiger partial charge in [-0.3, -0.25) is 0 Å². The van der Waals surface area contributed by atoms with E-state index in [-0.39, 0.29) is 0 Å². The van der Waals surface area contributed by atoms with Crippen LogP contribution in [0.3, 0.4) is 0 Å². The Kier molecular flexibility index (Phi) is 2.52. The molecule has 1 saturated heterocycles. The van der Waals surface area contributed by atoms with E-state index in [1.165, 1.54) is 25.7 Å². The van der Waals surface area contributed by atoms with Gasteiger partial charge in [-0.15, -0.1) is 0 Å². The first-order chi connectivity index (χ1) is 4.34. The maximum absolute atomic E-state index is 5.26. The summed E-state index contributed by atoms with van der Waals surface area (Å²) in [5.41, 5.74) is 0. The zero-order valence-electron chi connectivity index (χ0n) is 6.39. The summed E-state index contributed by atoms with van der Waals surface area (Å²) in [5.74, 6) is 0. The van der Waals surface area contributed by atoms with E-state index < -0.39 is 0 Å². The summed E-state index contributed by atoms with van der Waals surface area (Å²) in [7, 11) is 0. The minimum Gasteiger partial charge on any atom is -0.370 e. The van der Waals surface area contributed by atoms with Crippen LogP contribution >= 0.6 is 0 Å². The second-order valence-electron chi connectivity index (χ2n) is 2.88. The van der Waals surface area contributed by atoms with Crippen molar-refractivity contribution in [2.24, 2.45) is 0 Å². The Morgan fingerprint density at radius 2 is 2.00 bits per heavy atom. The molecule has 0 amide bonds. The number of hydrogen-bond donors (Lipinski definition) is 0. The summed E-state index contributed by atoms with van der Waals surface area (Å²) in [6.07, 6.45) is 6.52. The predicted molar refractivity (Wildman–Crippen MR) is 38.5 cm³/mol. The van der Waals surface area contributed by atoms with Crippen LogP contribution in [0.5, 0.6) is 0 Å². The maximum Gasteiger partial charge on any atom is 0.0839 e. The molecule has 1 fully saturated rings. The van der Waals surface area contributed by atoms with Crippen LogP contribution in [-0.4, -0.2) is 12.2 Å². The maximum atomic E-state index is 5.26. The molecule has 1 unspecified atom stereocenters. The number of epoxide rings is 1. The molecule has 1 heteroatoms. The molecule has 1 heterocycles. The second kappa shape index (κ2) is 3.21. The van der Waals surface area contributed by atoms with Crippen molar-refractivity contribution in [1.82, 2.24) is 0 Å². The van der Waals surface area contributed by atoms with Crippen molar-refractivity contribution in [2.75, 3.05) is 0 Å². The summed E-state index contributed by atoms with van der Waals surface area (Å²) in [6.45, 7) is 4.38. The van der Waals surface area contributed by atoms with Crippen LogP contribution in [0.1, 0.15) is 39.5 Å². The number of ether oxygens (including phenoxy) is 1. The van der Waals surface area contributed by atoms with E-state index in [2.05, 4.69) is 13.8 Å². The molecule has 0 N–H and O–H groups in total. The first kappa shape index (κ1) is 7.07. The predicted octanol–water partition coefficient (Wildman–Crippen LogP) is 2.35. The zero-order valence-corrected chi connectivity index (χ0v) is 6.39. The van der Waals surface area contributed by atoms with Gasteiger partial charge in [0, 0.05) is 0 Å². The van der Waals surface area contributed by atoms with Crippen molar-refractivity contribution < 1.29 is 4.74 Å². The SMILES string of the molecule is CCCCCC1O[C@H]1C. The Balaban J connectivity index is 1.83. The smallest absolute Gasteiger partial charge is 0.0839 e. The second-order valence-corrected chi connectivity index (χ2v) is 2.88. The van der Waals surface area contributed by atoms with Gasteiger partial charge in [-0.25, -0.2) is 0 Å². The van der Waals surface area contributed by atoms with Crippen LogP contribution in [0, 0.1) is 0 Å². The molecule has 0 radical (unpaired) electrons. The van der Waals surface area contributed by atoms with E-state index in [0.29, 0.717) is 12.2 Å². The fraction of sp³-hybridized carbons (Fsp3) is 1.00. The van der Waals surface area contributed by atoms with Gasteiger partial charge in [0.25, 0.3) is 0 Å². The summed E-state index contributed by atoms with van der Waals surface area (Å²) >= 11 is 0. The molecule has 0 aromatic carbocycles. The Morgan fingerprint density at radius 1 is 1.33 bits per heavy atom. The third kappa shape index (κ3) is 2.35. The largest absolute Gasteiger partial charge is 0.370 e. The van der Waals surface area contributed by atoms with Gasteiger partial charge in [0.1, 0.15) is 0 Å². The van der Waals surface area contributed by atoms with Crippen LogP contribution in [0.25, 0.3) is 0 Å². The molecule has 9 heavy (non-hydrogen) atoms. The van der Waals surface area contributed by atoms with Gasteiger partial charge < -0.3 is 4.74 Å². The van der Waals surface area contributed by atoms with Crippen molar-refractivity contribution >= 4 is 0 Å². The molecule has 1 nitrogen and oxygen atoms in total. The van der Waals surface area contributed by atoms with E-state index in [1.54, 1.807) is 0 Å². The summed E-state index contributed by atoms with van der Waals surface area (Å²) in [4.78, 5) is 0. The average Bonchev–Trinajstić information content (AvgIpc) is 2.48. The average molecular weight is 128 g/mol. The summed E-state index contributed by atoms with van der Waals surface area (Å²) in [5, 5.41) is 0. The van der Waals surface area contributed by atoms with E-state index >= 15 is 0 Å². The molecular weight excluding hydrogens is 112 g/mol. The highest BCUT2D eigenvalue weighted by Crippen LogP contribution is 2.26. The van der Waals surface area contributed by atoms with Crippen molar-refractivity contribution in [1.29, 1.82) is 0 Å². The van der Waals surface area contributed by atoms with Crippen LogP contribution in [0.15, 0.2) is 0 Å². The quantitative estimate of drug-likeness (QED) is 0.418. The van der Waals surface area contributed by atoms with E-state index in [4.69, 9.17) is 4.74 Å². The minimum absolute atomic E-state index is 0.571. The molecule has 0 spiro atoms. The lowest BCUT2D eigenvalue weighted by molar-refractivity contribution is 0.365. The number of hydrogen-bond acceptors (Lipinski definition) is 1. The van der Waals surface area contributed by atoms with Crippen molar-refractivity contribution in [3.8, 4) is 0 Å². The monoisotopic (exact) mass is 128 g/mol. The third-order valence-corrected chi connectivity index (χ3v) is 1.93. The number of unbranched alkanes of at least 4 members (excludes halogenated alkanes) is 2. The molecule has 1 rings (SSSR count). The fourth-order valence-corrected chi connectivity index (χ4v) is 1.13. The van der Waals surface area contributed by atoms with Crippen molar-refractivity contribution in [3.05, 3.63) is 0 Å². The minimum atomic E-state index is 0.571. The zero-order chi connectivity index (χ0) is 6.69. The molecule has 0 bridgehead atoms. The van der Waals surface area contributed by atoms with Crippen molar-refractivity contribution in [2.45, 2.75) is 51.7 Å². The lowest BCUT2D eigenvalue weighted by atomic mass is 10.1. The van der Waals surface area contributed by atoms with Gasteiger partial charge in [-0.05, 0) is 13.3 Å². The Morgan fingerprint density at radius 3 is 2.44 bits per heavy atom. The number of rotatable bonds is 4. The molecule has 0 aliphatic carbocycles. The third-order valence-electron chi connectivity index (χ3n) is 1.93. The van der Waals surface area contributed by atoms with E-state index in [9.17, 15) is 0 Å². The van der Waals surface area contributed by atoms with Crippen molar-refractivity contribution in [3.63, 3.8) is 0 Å². The lowest BCUT2D eigenvalue weighted by Crippen LogP contribution is -1.88.